The van der Waals surface area contributed by atoms with Crippen molar-refractivity contribution in [1.29, 1.82) is 0 Å². The van der Waals surface area contributed by atoms with Crippen LogP contribution in [0.2, 0.25) is 5.02 Å². The number of nitrogens with zero attached hydrogens (tertiary/aromatic N) is 1. The maximum atomic E-state index is 11.1. The fourth-order valence-corrected chi connectivity index (χ4v) is 3.03. The second kappa shape index (κ2) is 6.50. The maximum Gasteiger partial charge on any atom is 0.353 e. The summed E-state index contributed by atoms with van der Waals surface area (Å²) in [5.74, 6) is -0.0208. The molecular weight excluding hydrogens is 320 g/mol. The van der Waals surface area contributed by atoms with E-state index >= 15 is 0 Å². The Hall–Kier alpha value is -2.21. The predicted molar refractivity (Wildman–Crippen MR) is 85.4 cm³/mol. The number of hydrogen-bond donors (Lipinski definition) is 2. The second-order valence-corrected chi connectivity index (χ2v) is 5.86. The summed E-state index contributed by atoms with van der Waals surface area (Å²) < 4.78 is 11.5. The molecule has 0 atom stereocenters. The Balaban J connectivity index is 2.07. The molecule has 122 valence electrons. The van der Waals surface area contributed by atoms with Crippen LogP contribution in [0.5, 0.6) is 11.5 Å². The van der Waals surface area contributed by atoms with E-state index < -0.39 is 5.97 Å². The molecule has 1 saturated carbocycles. The number of nitrogens with one attached hydrogen (secondary N) is 1. The van der Waals surface area contributed by atoms with Crippen LogP contribution in [0.3, 0.4) is 0 Å². The van der Waals surface area contributed by atoms with Crippen molar-refractivity contribution in [3.63, 3.8) is 0 Å². The minimum atomic E-state index is -1.08. The molecule has 1 aliphatic rings. The molecule has 7 heteroatoms. The predicted octanol–water partition coefficient (Wildman–Crippen LogP) is 3.76. The summed E-state index contributed by atoms with van der Waals surface area (Å²) in [6.07, 6.45) is 4.34. The van der Waals surface area contributed by atoms with E-state index in [4.69, 9.17) is 26.2 Å². The fourth-order valence-electron chi connectivity index (χ4n) is 2.79. The summed E-state index contributed by atoms with van der Waals surface area (Å²) in [5.41, 5.74) is 0.951. The van der Waals surface area contributed by atoms with Crippen molar-refractivity contribution in [3.05, 3.63) is 28.9 Å². The van der Waals surface area contributed by atoms with Gasteiger partial charge in [0.05, 0.1) is 29.5 Å². The van der Waals surface area contributed by atoms with Crippen LogP contribution in [0.1, 0.15) is 36.2 Å². The van der Waals surface area contributed by atoms with Crippen LogP contribution >= 0.6 is 11.6 Å². The Labute approximate surface area is 138 Å². The molecule has 1 aromatic carbocycles. The van der Waals surface area contributed by atoms with Crippen LogP contribution in [0.15, 0.2) is 18.2 Å². The molecule has 2 aromatic rings. The van der Waals surface area contributed by atoms with Gasteiger partial charge < -0.3 is 14.6 Å². The number of carboxylic acid groups (broad SMARTS) is 1. The Morgan fingerprint density at radius 3 is 2.74 bits per heavy atom. The van der Waals surface area contributed by atoms with Crippen LogP contribution in [-0.2, 0) is 0 Å². The van der Waals surface area contributed by atoms with Crippen LogP contribution in [-0.4, -0.2) is 34.5 Å². The average Bonchev–Trinajstić information content (AvgIpc) is 3.19. The third-order valence-electron chi connectivity index (χ3n) is 3.94. The van der Waals surface area contributed by atoms with E-state index in [0.29, 0.717) is 27.8 Å². The molecule has 0 radical (unpaired) electrons. The molecular formula is C16H17ClN2O4. The second-order valence-electron chi connectivity index (χ2n) is 5.45. The van der Waals surface area contributed by atoms with Gasteiger partial charge in [0, 0.05) is 0 Å². The first kappa shape index (κ1) is 15.7. The minimum Gasteiger partial charge on any atom is -0.493 e. The number of aromatic nitrogens is 2. The number of halogens is 1. The van der Waals surface area contributed by atoms with E-state index in [2.05, 4.69) is 10.2 Å². The zero-order valence-electron chi connectivity index (χ0n) is 12.6. The number of benzene rings is 1. The fraction of sp³-hybridized carbons (Fsp3) is 0.375. The highest BCUT2D eigenvalue weighted by Gasteiger charge is 2.24. The van der Waals surface area contributed by atoms with E-state index in [1.54, 1.807) is 19.2 Å². The number of carboxylic acids is 1. The summed E-state index contributed by atoms with van der Waals surface area (Å²) in [6.45, 7) is 0. The van der Waals surface area contributed by atoms with Crippen molar-refractivity contribution in [2.75, 3.05) is 7.11 Å². The van der Waals surface area contributed by atoms with Gasteiger partial charge >= 0.3 is 5.97 Å². The van der Waals surface area contributed by atoms with Gasteiger partial charge in [-0.05, 0) is 43.9 Å². The lowest BCUT2D eigenvalue weighted by atomic mass is 10.1. The summed E-state index contributed by atoms with van der Waals surface area (Å²) in [5, 5.41) is 16.0. The topological polar surface area (TPSA) is 84.4 Å². The van der Waals surface area contributed by atoms with E-state index in [0.717, 1.165) is 25.7 Å². The van der Waals surface area contributed by atoms with Gasteiger partial charge in [-0.25, -0.2) is 4.79 Å². The summed E-state index contributed by atoms with van der Waals surface area (Å²) in [6, 6.07) is 4.86. The molecule has 3 rings (SSSR count). The zero-order chi connectivity index (χ0) is 16.4. The van der Waals surface area contributed by atoms with Crippen molar-refractivity contribution < 1.29 is 19.4 Å². The van der Waals surface area contributed by atoms with Crippen molar-refractivity contribution in [2.24, 2.45) is 0 Å². The molecule has 1 fully saturated rings. The van der Waals surface area contributed by atoms with Gasteiger partial charge in [0.1, 0.15) is 5.69 Å². The number of aromatic amines is 1. The minimum absolute atomic E-state index is 0.00861. The van der Waals surface area contributed by atoms with Gasteiger partial charge in [0.2, 0.25) is 0 Å². The molecule has 23 heavy (non-hydrogen) atoms. The highest BCUT2D eigenvalue weighted by atomic mass is 35.5. The number of aromatic carboxylic acids is 1. The normalized spacial score (nSPS) is 14.9. The molecule has 0 aliphatic heterocycles. The molecule has 0 spiro atoms. The summed E-state index contributed by atoms with van der Waals surface area (Å²) in [4.78, 5) is 11.1. The lowest BCUT2D eigenvalue weighted by molar-refractivity contribution is 0.0690. The molecule has 2 N–H and O–H groups in total. The van der Waals surface area contributed by atoms with Gasteiger partial charge in [-0.15, -0.1) is 0 Å². The molecule has 0 bridgehead atoms. The zero-order valence-corrected chi connectivity index (χ0v) is 13.4. The lowest BCUT2D eigenvalue weighted by Crippen LogP contribution is -2.12. The number of ether oxygens (including phenoxy) is 2. The monoisotopic (exact) mass is 336 g/mol. The molecule has 1 aliphatic carbocycles. The van der Waals surface area contributed by atoms with Crippen molar-refractivity contribution in [3.8, 4) is 22.8 Å². The number of rotatable bonds is 5. The van der Waals surface area contributed by atoms with Gasteiger partial charge in [-0.1, -0.05) is 11.6 Å². The maximum absolute atomic E-state index is 11.1. The van der Waals surface area contributed by atoms with Crippen LogP contribution in [0.25, 0.3) is 11.3 Å². The summed E-state index contributed by atoms with van der Waals surface area (Å²) >= 11 is 6.33. The van der Waals surface area contributed by atoms with Crippen molar-refractivity contribution in [2.45, 2.75) is 31.8 Å². The smallest absolute Gasteiger partial charge is 0.353 e. The Morgan fingerprint density at radius 2 is 2.13 bits per heavy atom. The van der Waals surface area contributed by atoms with Gasteiger partial charge in [-0.2, -0.15) is 5.10 Å². The third-order valence-corrected chi connectivity index (χ3v) is 4.26. The molecule has 0 amide bonds. The number of carbonyl (C=O) groups is 1. The van der Waals surface area contributed by atoms with E-state index in [1.165, 1.54) is 6.07 Å². The van der Waals surface area contributed by atoms with Crippen molar-refractivity contribution in [1.82, 2.24) is 10.2 Å². The first-order valence-corrected chi connectivity index (χ1v) is 7.80. The average molecular weight is 337 g/mol. The standard InChI is InChI=1S/C16H17ClN2O4/c1-22-13-7-6-10(17)14(11-8-12(16(20)21)19-18-11)15(13)23-9-4-2-3-5-9/h6-9H,2-5H2,1H3,(H,18,19)(H,20,21). The van der Waals surface area contributed by atoms with E-state index in [-0.39, 0.29) is 11.8 Å². The van der Waals surface area contributed by atoms with E-state index in [9.17, 15) is 4.79 Å². The SMILES string of the molecule is COc1ccc(Cl)c(-c2cc(C(=O)O)[nH]n2)c1OC1CCCC1. The number of methoxy groups -OCH3 is 1. The largest absolute Gasteiger partial charge is 0.493 e. The van der Waals surface area contributed by atoms with Gasteiger partial charge in [0.25, 0.3) is 0 Å². The highest BCUT2D eigenvalue weighted by molar-refractivity contribution is 6.33. The highest BCUT2D eigenvalue weighted by Crippen LogP contribution is 2.44. The van der Waals surface area contributed by atoms with Crippen molar-refractivity contribution >= 4 is 17.6 Å². The Kier molecular flexibility index (Phi) is 4.43. The Morgan fingerprint density at radius 1 is 1.39 bits per heavy atom. The van der Waals surface area contributed by atoms with Gasteiger partial charge in [-0.3, -0.25) is 5.10 Å². The van der Waals surface area contributed by atoms with E-state index in [1.807, 2.05) is 0 Å². The molecule has 0 saturated heterocycles. The van der Waals surface area contributed by atoms with Crippen LogP contribution in [0.4, 0.5) is 0 Å². The molecule has 0 unspecified atom stereocenters. The molecule has 1 aromatic heterocycles. The number of H-pyrrole nitrogens is 1. The van der Waals surface area contributed by atoms with Gasteiger partial charge in [0.15, 0.2) is 11.5 Å². The molecule has 1 heterocycles. The Bertz CT molecular complexity index is 723. The quantitative estimate of drug-likeness (QED) is 0.868. The summed E-state index contributed by atoms with van der Waals surface area (Å²) in [7, 11) is 1.56. The first-order valence-electron chi connectivity index (χ1n) is 7.42. The lowest BCUT2D eigenvalue weighted by Gasteiger charge is -2.19. The molecule has 6 nitrogen and oxygen atoms in total. The third kappa shape index (κ3) is 3.12. The number of hydrogen-bond acceptors (Lipinski definition) is 4. The van der Waals surface area contributed by atoms with Crippen LogP contribution < -0.4 is 9.47 Å². The first-order chi connectivity index (χ1) is 11.1. The van der Waals surface area contributed by atoms with Crippen LogP contribution in [0, 0.1) is 0 Å².